The minimum absolute atomic E-state index is 0.117. The molecule has 0 radical (unpaired) electrons. The molecule has 1 aliphatic rings. The summed E-state index contributed by atoms with van der Waals surface area (Å²) in [5, 5.41) is 27.3. The number of phenolic OH excluding ortho intramolecular Hbond substituents is 1. The predicted molar refractivity (Wildman–Crippen MR) is 114 cm³/mol. The number of pyridine rings is 1. The van der Waals surface area contributed by atoms with Crippen LogP contribution in [0, 0.1) is 6.92 Å². The molecule has 5 nitrogen and oxygen atoms in total. The Bertz CT molecular complexity index is 1020. The van der Waals surface area contributed by atoms with Crippen molar-refractivity contribution in [1.29, 1.82) is 0 Å². The van der Waals surface area contributed by atoms with Crippen LogP contribution in [-0.4, -0.2) is 26.4 Å². The van der Waals surface area contributed by atoms with Gasteiger partial charge in [-0.1, -0.05) is 18.6 Å². The van der Waals surface area contributed by atoms with E-state index < -0.39 is 0 Å². The summed E-state index contributed by atoms with van der Waals surface area (Å²) in [5.74, 6) is 0.327. The Balaban J connectivity index is 2.23. The summed E-state index contributed by atoms with van der Waals surface area (Å²) in [7, 11) is 0. The summed E-state index contributed by atoms with van der Waals surface area (Å²) in [4.78, 5) is 3.96. The van der Waals surface area contributed by atoms with Crippen LogP contribution in [0.4, 0.5) is 0 Å². The average molecular weight is 375 g/mol. The molecule has 144 valence electrons. The highest BCUT2D eigenvalue weighted by molar-refractivity contribution is 5.83. The largest absolute Gasteiger partial charge is 0.507 e. The van der Waals surface area contributed by atoms with E-state index in [4.69, 9.17) is 0 Å². The number of nitrogens with zero attached hydrogens (tertiary/aromatic N) is 3. The van der Waals surface area contributed by atoms with Crippen LogP contribution < -0.4 is 0 Å². The van der Waals surface area contributed by atoms with Crippen LogP contribution >= 0.6 is 0 Å². The Morgan fingerprint density at radius 3 is 2.57 bits per heavy atom. The number of aryl methyl sites for hydroxylation is 1. The lowest BCUT2D eigenvalue weighted by molar-refractivity contribution is 0.465. The summed E-state index contributed by atoms with van der Waals surface area (Å²) < 4.78 is 0. The lowest BCUT2D eigenvalue weighted by atomic mass is 9.99. The molecule has 5 heteroatoms. The number of hydrogen-bond donors (Lipinski definition) is 2. The Kier molecular flexibility index (Phi) is 5.64. The van der Waals surface area contributed by atoms with Crippen LogP contribution in [0.15, 0.2) is 65.2 Å². The third kappa shape index (κ3) is 3.69. The Hall–Kier alpha value is -3.34. The van der Waals surface area contributed by atoms with Crippen molar-refractivity contribution >= 4 is 17.5 Å². The molecule has 2 aromatic rings. The molecule has 0 saturated carbocycles. The lowest BCUT2D eigenvalue weighted by Crippen LogP contribution is -2.19. The van der Waals surface area contributed by atoms with Crippen LogP contribution in [0.1, 0.15) is 43.9 Å². The number of rotatable bonds is 4. The third-order valence-corrected chi connectivity index (χ3v) is 4.89. The molecule has 0 spiro atoms. The van der Waals surface area contributed by atoms with Gasteiger partial charge in [0.1, 0.15) is 11.5 Å². The van der Waals surface area contributed by atoms with Crippen molar-refractivity contribution in [1.82, 2.24) is 9.99 Å². The summed E-state index contributed by atoms with van der Waals surface area (Å²) in [6, 6.07) is 7.34. The number of phenols is 1. The SMILES string of the molecule is CCC(C)=C(c1cc(C)ccc1O)N1N=CC=C/C1=C(/C)c1ccncc1O. The molecule has 0 atom stereocenters. The molecule has 28 heavy (non-hydrogen) atoms. The number of hydrazone groups is 1. The van der Waals surface area contributed by atoms with Crippen LogP contribution in [0.2, 0.25) is 0 Å². The van der Waals surface area contributed by atoms with E-state index in [-0.39, 0.29) is 11.5 Å². The summed E-state index contributed by atoms with van der Waals surface area (Å²) in [6.45, 7) is 8.06. The van der Waals surface area contributed by atoms with Gasteiger partial charge in [0.15, 0.2) is 0 Å². The molecule has 1 aromatic carbocycles. The number of aromatic nitrogens is 1. The summed E-state index contributed by atoms with van der Waals surface area (Å²) >= 11 is 0. The van der Waals surface area contributed by atoms with Gasteiger partial charge in [-0.3, -0.25) is 4.98 Å². The standard InChI is InChI=1S/C23H25N3O2/c1-5-16(3)23(19-13-15(2)8-9-21(19)27)26-20(7-6-11-25-26)17(4)18-10-12-24-14-22(18)28/h6-14,27-28H,5H2,1-4H3/b20-17+,23-16?. The summed E-state index contributed by atoms with van der Waals surface area (Å²) in [5.41, 5.74) is 6.11. The maximum absolute atomic E-state index is 10.6. The zero-order chi connectivity index (χ0) is 20.3. The van der Waals surface area contributed by atoms with Gasteiger partial charge in [-0.15, -0.1) is 0 Å². The first-order chi connectivity index (χ1) is 13.4. The number of benzene rings is 1. The second-order valence-electron chi connectivity index (χ2n) is 6.84. The van der Waals surface area contributed by atoms with Gasteiger partial charge in [0.2, 0.25) is 0 Å². The smallest absolute Gasteiger partial charge is 0.141 e. The average Bonchev–Trinajstić information content (AvgIpc) is 2.71. The first-order valence-corrected chi connectivity index (χ1v) is 9.28. The monoisotopic (exact) mass is 375 g/mol. The molecule has 1 aliphatic heterocycles. The van der Waals surface area contributed by atoms with Gasteiger partial charge in [0.05, 0.1) is 17.6 Å². The van der Waals surface area contributed by atoms with Crippen molar-refractivity contribution in [3.63, 3.8) is 0 Å². The van der Waals surface area contributed by atoms with E-state index in [1.54, 1.807) is 24.5 Å². The second-order valence-corrected chi connectivity index (χ2v) is 6.84. The molecular formula is C23H25N3O2. The minimum Gasteiger partial charge on any atom is -0.507 e. The molecule has 2 heterocycles. The van der Waals surface area contributed by atoms with E-state index in [0.29, 0.717) is 5.56 Å². The fraction of sp³-hybridized carbons (Fsp3) is 0.217. The molecule has 2 N–H and O–H groups in total. The molecule has 0 bridgehead atoms. The van der Waals surface area contributed by atoms with Crippen LogP contribution in [0.25, 0.3) is 11.3 Å². The van der Waals surface area contributed by atoms with E-state index in [2.05, 4.69) is 17.0 Å². The third-order valence-electron chi connectivity index (χ3n) is 4.89. The van der Waals surface area contributed by atoms with Gasteiger partial charge in [-0.05, 0) is 68.7 Å². The normalized spacial score (nSPS) is 16.2. The van der Waals surface area contributed by atoms with E-state index in [1.807, 2.05) is 50.1 Å². The minimum atomic E-state index is 0.117. The first kappa shape index (κ1) is 19.4. The first-order valence-electron chi connectivity index (χ1n) is 9.28. The predicted octanol–water partition coefficient (Wildman–Crippen LogP) is 5.23. The molecule has 0 unspecified atom stereocenters. The molecule has 0 saturated heterocycles. The van der Waals surface area contributed by atoms with Gasteiger partial charge < -0.3 is 10.2 Å². The molecule has 0 amide bonds. The van der Waals surface area contributed by atoms with Crippen molar-refractivity contribution in [3.8, 4) is 11.5 Å². The van der Waals surface area contributed by atoms with E-state index in [9.17, 15) is 10.2 Å². The zero-order valence-electron chi connectivity index (χ0n) is 16.6. The highest BCUT2D eigenvalue weighted by atomic mass is 16.3. The number of allylic oxidation sites excluding steroid dienone is 4. The van der Waals surface area contributed by atoms with Crippen LogP contribution in [0.3, 0.4) is 0 Å². The number of hydrogen-bond acceptors (Lipinski definition) is 5. The van der Waals surface area contributed by atoms with E-state index in [0.717, 1.165) is 40.1 Å². The highest BCUT2D eigenvalue weighted by Crippen LogP contribution is 2.38. The van der Waals surface area contributed by atoms with Gasteiger partial charge in [0.25, 0.3) is 0 Å². The van der Waals surface area contributed by atoms with Crippen molar-refractivity contribution in [2.45, 2.75) is 34.1 Å². The molecular weight excluding hydrogens is 350 g/mol. The van der Waals surface area contributed by atoms with Crippen LogP contribution in [0.5, 0.6) is 11.5 Å². The molecule has 0 fully saturated rings. The van der Waals surface area contributed by atoms with Gasteiger partial charge >= 0.3 is 0 Å². The fourth-order valence-electron chi connectivity index (χ4n) is 3.21. The molecule has 3 rings (SSSR count). The summed E-state index contributed by atoms with van der Waals surface area (Å²) in [6.07, 6.45) is 9.43. The fourth-order valence-corrected chi connectivity index (χ4v) is 3.21. The van der Waals surface area contributed by atoms with Crippen molar-refractivity contribution < 1.29 is 10.2 Å². The Morgan fingerprint density at radius 1 is 1.07 bits per heavy atom. The van der Waals surface area contributed by atoms with Crippen LogP contribution in [-0.2, 0) is 0 Å². The second kappa shape index (κ2) is 8.13. The van der Waals surface area contributed by atoms with Gasteiger partial charge in [0, 0.05) is 23.5 Å². The van der Waals surface area contributed by atoms with Gasteiger partial charge in [-0.2, -0.15) is 5.10 Å². The van der Waals surface area contributed by atoms with Crippen molar-refractivity contribution in [3.05, 3.63) is 76.8 Å². The zero-order valence-corrected chi connectivity index (χ0v) is 16.6. The number of aromatic hydroxyl groups is 2. The maximum atomic E-state index is 10.6. The quantitative estimate of drug-likeness (QED) is 0.768. The van der Waals surface area contributed by atoms with E-state index in [1.165, 1.54) is 6.20 Å². The maximum Gasteiger partial charge on any atom is 0.141 e. The molecule has 1 aromatic heterocycles. The highest BCUT2D eigenvalue weighted by Gasteiger charge is 2.23. The van der Waals surface area contributed by atoms with Crippen molar-refractivity contribution in [2.24, 2.45) is 5.10 Å². The molecule has 0 aliphatic carbocycles. The van der Waals surface area contributed by atoms with E-state index >= 15 is 0 Å². The Labute approximate surface area is 165 Å². The lowest BCUT2D eigenvalue weighted by Gasteiger charge is -2.29. The van der Waals surface area contributed by atoms with Crippen molar-refractivity contribution in [2.75, 3.05) is 0 Å². The Morgan fingerprint density at radius 2 is 1.86 bits per heavy atom. The topological polar surface area (TPSA) is 69.0 Å². The van der Waals surface area contributed by atoms with Gasteiger partial charge in [-0.25, -0.2) is 5.01 Å².